The van der Waals surface area contributed by atoms with Gasteiger partial charge in [-0.1, -0.05) is 38.1 Å². The summed E-state index contributed by atoms with van der Waals surface area (Å²) in [5.41, 5.74) is 3.07. The third-order valence-corrected chi connectivity index (χ3v) is 5.31. The Hall–Kier alpha value is -3.15. The van der Waals surface area contributed by atoms with Crippen LogP contribution in [0.1, 0.15) is 44.5 Å². The van der Waals surface area contributed by atoms with Gasteiger partial charge in [0.25, 0.3) is 5.89 Å². The molecule has 0 radical (unpaired) electrons. The first-order valence-electron chi connectivity index (χ1n) is 9.74. The Morgan fingerprint density at radius 1 is 1.07 bits per heavy atom. The maximum atomic E-state index is 12.5. The lowest BCUT2D eigenvalue weighted by Crippen LogP contribution is -2.24. The molecule has 2 aromatic carbocycles. The van der Waals surface area contributed by atoms with Gasteiger partial charge in [0, 0.05) is 30.1 Å². The minimum atomic E-state index is -0.0871. The van der Waals surface area contributed by atoms with E-state index in [1.165, 1.54) is 5.56 Å². The first-order chi connectivity index (χ1) is 13.8. The van der Waals surface area contributed by atoms with Crippen LogP contribution in [0.2, 0.25) is 0 Å². The average molecular weight is 391 g/mol. The molecule has 0 unspecified atom stereocenters. The summed E-state index contributed by atoms with van der Waals surface area (Å²) in [6, 6.07) is 15.7. The van der Waals surface area contributed by atoms with E-state index in [2.05, 4.69) is 43.0 Å². The number of carbonyl (C=O) groups excluding carboxylic acids is 1. The number of hydrogen-bond donors (Lipinski definition) is 0. The molecule has 1 fully saturated rings. The summed E-state index contributed by atoms with van der Waals surface area (Å²) >= 11 is 0. The number of rotatable bonds is 4. The number of ether oxygens (including phenoxy) is 1. The second-order valence-corrected chi connectivity index (χ2v) is 8.39. The van der Waals surface area contributed by atoms with E-state index < -0.39 is 0 Å². The maximum Gasteiger partial charge on any atom is 0.257 e. The zero-order valence-corrected chi connectivity index (χ0v) is 17.2. The summed E-state index contributed by atoms with van der Waals surface area (Å²) < 4.78 is 10.7. The molecule has 1 aliphatic rings. The van der Waals surface area contributed by atoms with Gasteiger partial charge in [0.05, 0.1) is 7.11 Å². The fraction of sp³-hybridized carbons (Fsp3) is 0.348. The third-order valence-electron chi connectivity index (χ3n) is 5.31. The second kappa shape index (κ2) is 7.35. The number of hydrogen-bond acceptors (Lipinski definition) is 5. The fourth-order valence-corrected chi connectivity index (χ4v) is 3.52. The molecule has 0 N–H and O–H groups in total. The highest BCUT2D eigenvalue weighted by Gasteiger charge is 2.34. The topological polar surface area (TPSA) is 68.5 Å². The molecule has 0 bridgehead atoms. The van der Waals surface area contributed by atoms with Crippen molar-refractivity contribution < 1.29 is 14.1 Å². The Bertz CT molecular complexity index is 1000. The van der Waals surface area contributed by atoms with Crippen LogP contribution in [-0.4, -0.2) is 29.7 Å². The summed E-state index contributed by atoms with van der Waals surface area (Å²) in [6.45, 7) is 7.07. The quantitative estimate of drug-likeness (QED) is 0.652. The standard InChI is InChI=1S/C23H25N3O3/c1-23(2,3)17-7-5-15(6-8-17)22-24-21(25-29-22)16-13-20(27)26(14-16)18-9-11-19(28-4)12-10-18/h5-12,16H,13-14H2,1-4H3/t16-/m0/s1. The van der Waals surface area contributed by atoms with Gasteiger partial charge in [0.2, 0.25) is 5.91 Å². The van der Waals surface area contributed by atoms with E-state index in [-0.39, 0.29) is 17.2 Å². The number of nitrogens with zero attached hydrogens (tertiary/aromatic N) is 3. The van der Waals surface area contributed by atoms with Gasteiger partial charge in [-0.05, 0) is 47.4 Å². The number of methoxy groups -OCH3 is 1. The summed E-state index contributed by atoms with van der Waals surface area (Å²) in [5, 5.41) is 4.15. The Balaban J connectivity index is 1.50. The van der Waals surface area contributed by atoms with Crippen LogP contribution in [0.15, 0.2) is 53.1 Å². The minimum absolute atomic E-state index is 0.0565. The maximum absolute atomic E-state index is 12.5. The van der Waals surface area contributed by atoms with Gasteiger partial charge >= 0.3 is 0 Å². The molecule has 1 aromatic heterocycles. The molecule has 0 saturated carbocycles. The van der Waals surface area contributed by atoms with Crippen LogP contribution in [-0.2, 0) is 10.2 Å². The van der Waals surface area contributed by atoms with Gasteiger partial charge in [-0.25, -0.2) is 0 Å². The van der Waals surface area contributed by atoms with E-state index in [4.69, 9.17) is 9.26 Å². The second-order valence-electron chi connectivity index (χ2n) is 8.39. The molecule has 29 heavy (non-hydrogen) atoms. The van der Waals surface area contributed by atoms with Crippen LogP contribution >= 0.6 is 0 Å². The Labute approximate surface area is 170 Å². The number of benzene rings is 2. The van der Waals surface area contributed by atoms with Gasteiger partial charge < -0.3 is 14.2 Å². The van der Waals surface area contributed by atoms with Crippen molar-refractivity contribution in [3.8, 4) is 17.2 Å². The molecule has 1 atom stereocenters. The molecule has 6 nitrogen and oxygen atoms in total. The van der Waals surface area contributed by atoms with Gasteiger partial charge in [-0.2, -0.15) is 4.98 Å². The zero-order valence-electron chi connectivity index (χ0n) is 17.2. The van der Waals surface area contributed by atoms with E-state index in [1.807, 2.05) is 36.4 Å². The van der Waals surface area contributed by atoms with Crippen molar-refractivity contribution in [3.05, 3.63) is 59.9 Å². The van der Waals surface area contributed by atoms with E-state index in [1.54, 1.807) is 12.0 Å². The van der Waals surface area contributed by atoms with Crippen molar-refractivity contribution in [1.82, 2.24) is 10.1 Å². The van der Waals surface area contributed by atoms with Crippen LogP contribution < -0.4 is 9.64 Å². The van der Waals surface area contributed by atoms with Gasteiger partial charge in [0.1, 0.15) is 5.75 Å². The summed E-state index contributed by atoms with van der Waals surface area (Å²) in [6.07, 6.45) is 0.369. The fourth-order valence-electron chi connectivity index (χ4n) is 3.52. The van der Waals surface area contributed by atoms with E-state index >= 15 is 0 Å². The highest BCUT2D eigenvalue weighted by Crippen LogP contribution is 2.32. The number of amides is 1. The monoisotopic (exact) mass is 391 g/mol. The predicted octanol–water partition coefficient (Wildman–Crippen LogP) is 4.56. The van der Waals surface area contributed by atoms with Crippen molar-refractivity contribution in [2.75, 3.05) is 18.6 Å². The van der Waals surface area contributed by atoms with Crippen LogP contribution in [0.5, 0.6) is 5.75 Å². The number of anilines is 1. The molecule has 0 aliphatic carbocycles. The summed E-state index contributed by atoms with van der Waals surface area (Å²) in [4.78, 5) is 18.9. The molecule has 6 heteroatoms. The van der Waals surface area contributed by atoms with Crippen molar-refractivity contribution in [2.45, 2.75) is 38.5 Å². The summed E-state index contributed by atoms with van der Waals surface area (Å²) in [5.74, 6) is 1.79. The molecular weight excluding hydrogens is 366 g/mol. The normalized spacial score (nSPS) is 17.0. The van der Waals surface area contributed by atoms with Crippen LogP contribution in [0.3, 0.4) is 0 Å². The van der Waals surface area contributed by atoms with Crippen LogP contribution in [0, 0.1) is 0 Å². The highest BCUT2D eigenvalue weighted by molar-refractivity contribution is 5.96. The molecule has 3 aromatic rings. The molecular formula is C23H25N3O3. The smallest absolute Gasteiger partial charge is 0.257 e. The molecule has 1 saturated heterocycles. The third kappa shape index (κ3) is 3.88. The molecule has 1 aliphatic heterocycles. The average Bonchev–Trinajstić information content (AvgIpc) is 3.34. The lowest BCUT2D eigenvalue weighted by Gasteiger charge is -2.18. The van der Waals surface area contributed by atoms with Gasteiger partial charge in [0.15, 0.2) is 5.82 Å². The van der Waals surface area contributed by atoms with Crippen molar-refractivity contribution in [2.24, 2.45) is 0 Å². The van der Waals surface area contributed by atoms with E-state index in [0.29, 0.717) is 24.7 Å². The minimum Gasteiger partial charge on any atom is -0.497 e. The van der Waals surface area contributed by atoms with Crippen LogP contribution in [0.25, 0.3) is 11.5 Å². The largest absolute Gasteiger partial charge is 0.497 e. The van der Waals surface area contributed by atoms with Crippen LogP contribution in [0.4, 0.5) is 5.69 Å². The molecule has 0 spiro atoms. The first-order valence-corrected chi connectivity index (χ1v) is 9.74. The number of carbonyl (C=O) groups is 1. The Kier molecular flexibility index (Phi) is 4.86. The Morgan fingerprint density at radius 2 is 1.76 bits per heavy atom. The SMILES string of the molecule is COc1ccc(N2C[C@@H](c3noc(-c4ccc(C(C)(C)C)cc4)n3)CC2=O)cc1. The zero-order chi connectivity index (χ0) is 20.6. The van der Waals surface area contributed by atoms with E-state index in [9.17, 15) is 4.79 Å². The molecule has 4 rings (SSSR count). The lowest BCUT2D eigenvalue weighted by atomic mass is 9.87. The highest BCUT2D eigenvalue weighted by atomic mass is 16.5. The first kappa shape index (κ1) is 19.2. The van der Waals surface area contributed by atoms with Gasteiger partial charge in [-0.3, -0.25) is 4.79 Å². The predicted molar refractivity (Wildman–Crippen MR) is 111 cm³/mol. The molecule has 150 valence electrons. The lowest BCUT2D eigenvalue weighted by molar-refractivity contribution is -0.117. The van der Waals surface area contributed by atoms with Crippen molar-refractivity contribution in [3.63, 3.8) is 0 Å². The Morgan fingerprint density at radius 3 is 2.38 bits per heavy atom. The van der Waals surface area contributed by atoms with Gasteiger partial charge in [-0.15, -0.1) is 0 Å². The van der Waals surface area contributed by atoms with E-state index in [0.717, 1.165) is 17.0 Å². The summed E-state index contributed by atoms with van der Waals surface area (Å²) in [7, 11) is 1.62. The molecule has 1 amide bonds. The van der Waals surface area contributed by atoms with Crippen molar-refractivity contribution >= 4 is 11.6 Å². The number of aromatic nitrogens is 2. The molecule has 2 heterocycles. The van der Waals surface area contributed by atoms with Crippen molar-refractivity contribution in [1.29, 1.82) is 0 Å².